The standard InChI is InChI=1S/C24H22NO4P/c1-24(2)23(26)22(20-15-17(16-25)13-14-21(20)28-24)29-30(27,18-9-5-3-6-10-18)19-11-7-4-8-12-19/h3-15,22-23,26H,1-2H3/t22-,23+/m1/s1. The van der Waals surface area contributed by atoms with Crippen LogP contribution in [0.2, 0.25) is 0 Å². The van der Waals surface area contributed by atoms with E-state index in [0.717, 1.165) is 0 Å². The summed E-state index contributed by atoms with van der Waals surface area (Å²) in [5, 5.41) is 21.5. The number of fused-ring (bicyclic) bond motifs is 1. The van der Waals surface area contributed by atoms with Crippen LogP contribution in [0, 0.1) is 11.3 Å². The van der Waals surface area contributed by atoms with Gasteiger partial charge in [0.05, 0.1) is 11.6 Å². The van der Waals surface area contributed by atoms with Gasteiger partial charge in [-0.05, 0) is 56.3 Å². The Morgan fingerprint density at radius 3 is 2.10 bits per heavy atom. The van der Waals surface area contributed by atoms with E-state index >= 15 is 0 Å². The molecule has 0 fully saturated rings. The van der Waals surface area contributed by atoms with E-state index in [2.05, 4.69) is 6.07 Å². The molecule has 152 valence electrons. The third-order valence-corrected chi connectivity index (χ3v) is 7.75. The number of rotatable bonds is 4. The van der Waals surface area contributed by atoms with Gasteiger partial charge in [0.2, 0.25) is 0 Å². The van der Waals surface area contributed by atoms with Gasteiger partial charge in [-0.25, -0.2) is 0 Å². The van der Waals surface area contributed by atoms with Crippen LogP contribution in [-0.4, -0.2) is 16.8 Å². The largest absolute Gasteiger partial charge is 0.485 e. The Labute approximate surface area is 176 Å². The van der Waals surface area contributed by atoms with Gasteiger partial charge in [-0.2, -0.15) is 5.26 Å². The van der Waals surface area contributed by atoms with E-state index in [9.17, 15) is 14.9 Å². The maximum Gasteiger partial charge on any atom is 0.261 e. The summed E-state index contributed by atoms with van der Waals surface area (Å²) in [6.45, 7) is 3.51. The number of hydrogen-bond donors (Lipinski definition) is 1. The second kappa shape index (κ2) is 7.74. The number of benzene rings is 3. The average molecular weight is 419 g/mol. The fraction of sp³-hybridized carbons (Fsp3) is 0.208. The minimum Gasteiger partial charge on any atom is -0.485 e. The first-order valence-corrected chi connectivity index (χ1v) is 11.3. The summed E-state index contributed by atoms with van der Waals surface area (Å²) in [5.74, 6) is 0.502. The molecule has 5 nitrogen and oxygen atoms in total. The molecule has 1 aliphatic heterocycles. The summed E-state index contributed by atoms with van der Waals surface area (Å²) in [4.78, 5) is 0. The van der Waals surface area contributed by atoms with E-state index in [1.54, 1.807) is 80.6 Å². The summed E-state index contributed by atoms with van der Waals surface area (Å²) < 4.78 is 26.7. The summed E-state index contributed by atoms with van der Waals surface area (Å²) in [6, 6.07) is 25.0. The van der Waals surface area contributed by atoms with Crippen molar-refractivity contribution < 1.29 is 18.9 Å². The molecule has 6 heteroatoms. The Bertz CT molecular complexity index is 1100. The molecule has 1 N–H and O–H groups in total. The van der Waals surface area contributed by atoms with Gasteiger partial charge in [-0.1, -0.05) is 36.4 Å². The number of aliphatic hydroxyl groups excluding tert-OH is 1. The zero-order valence-corrected chi connectivity index (χ0v) is 17.6. The molecule has 4 rings (SSSR count). The highest BCUT2D eigenvalue weighted by Crippen LogP contribution is 2.53. The molecule has 1 aliphatic rings. The highest BCUT2D eigenvalue weighted by Gasteiger charge is 2.47. The molecule has 0 saturated heterocycles. The minimum atomic E-state index is -3.56. The lowest BCUT2D eigenvalue weighted by molar-refractivity contribution is -0.101. The monoisotopic (exact) mass is 419 g/mol. The van der Waals surface area contributed by atoms with E-state index in [4.69, 9.17) is 9.26 Å². The molecule has 0 spiro atoms. The van der Waals surface area contributed by atoms with Crippen LogP contribution in [0.3, 0.4) is 0 Å². The lowest BCUT2D eigenvalue weighted by Crippen LogP contribution is -2.49. The second-order valence-electron chi connectivity index (χ2n) is 7.76. The topological polar surface area (TPSA) is 79.5 Å². The van der Waals surface area contributed by atoms with E-state index in [1.807, 2.05) is 12.1 Å². The Morgan fingerprint density at radius 1 is 1.00 bits per heavy atom. The molecule has 0 aromatic heterocycles. The Hall–Kier alpha value is -2.90. The first-order valence-electron chi connectivity index (χ1n) is 9.66. The lowest BCUT2D eigenvalue weighted by Gasteiger charge is -2.42. The van der Waals surface area contributed by atoms with Gasteiger partial charge < -0.3 is 14.4 Å². The number of nitrogens with zero attached hydrogens (tertiary/aromatic N) is 1. The molecule has 3 aromatic carbocycles. The smallest absolute Gasteiger partial charge is 0.261 e. The van der Waals surface area contributed by atoms with Crippen molar-refractivity contribution in [3.8, 4) is 11.8 Å². The molecule has 0 unspecified atom stereocenters. The Kier molecular flexibility index (Phi) is 5.26. The fourth-order valence-electron chi connectivity index (χ4n) is 3.61. The lowest BCUT2D eigenvalue weighted by atomic mass is 9.88. The summed E-state index contributed by atoms with van der Waals surface area (Å²) >= 11 is 0. The fourth-order valence-corrected chi connectivity index (χ4v) is 5.82. The quantitative estimate of drug-likeness (QED) is 0.645. The highest BCUT2D eigenvalue weighted by atomic mass is 31.2. The van der Waals surface area contributed by atoms with E-state index < -0.39 is 25.2 Å². The van der Waals surface area contributed by atoms with Gasteiger partial charge in [0.25, 0.3) is 7.37 Å². The number of ether oxygens (including phenoxy) is 1. The molecule has 3 aromatic rings. The Balaban J connectivity index is 1.88. The van der Waals surface area contributed by atoms with Crippen LogP contribution >= 0.6 is 7.37 Å². The van der Waals surface area contributed by atoms with Crippen molar-refractivity contribution in [2.24, 2.45) is 0 Å². The van der Waals surface area contributed by atoms with Gasteiger partial charge in [0, 0.05) is 16.2 Å². The zero-order valence-electron chi connectivity index (χ0n) is 16.7. The van der Waals surface area contributed by atoms with Gasteiger partial charge in [0.1, 0.15) is 23.6 Å². The van der Waals surface area contributed by atoms with Gasteiger partial charge in [-0.3, -0.25) is 4.57 Å². The molecular formula is C24H22NO4P. The van der Waals surface area contributed by atoms with Crippen LogP contribution in [0.5, 0.6) is 5.75 Å². The van der Waals surface area contributed by atoms with Crippen LogP contribution in [0.4, 0.5) is 0 Å². The van der Waals surface area contributed by atoms with E-state index in [1.165, 1.54) is 0 Å². The maximum absolute atomic E-state index is 14.4. The van der Waals surface area contributed by atoms with Crippen LogP contribution in [0.15, 0.2) is 78.9 Å². The van der Waals surface area contributed by atoms with Crippen LogP contribution in [-0.2, 0) is 9.09 Å². The molecule has 2 atom stereocenters. The van der Waals surface area contributed by atoms with Crippen molar-refractivity contribution in [3.05, 3.63) is 90.0 Å². The van der Waals surface area contributed by atoms with Crippen molar-refractivity contribution in [1.29, 1.82) is 5.26 Å². The van der Waals surface area contributed by atoms with Gasteiger partial charge >= 0.3 is 0 Å². The first kappa shape index (κ1) is 20.4. The molecule has 0 amide bonds. The summed E-state index contributed by atoms with van der Waals surface area (Å²) in [7, 11) is -3.56. The highest BCUT2D eigenvalue weighted by molar-refractivity contribution is 7.74. The number of nitriles is 1. The normalized spacial score (nSPS) is 19.9. The van der Waals surface area contributed by atoms with Crippen molar-refractivity contribution >= 4 is 18.0 Å². The van der Waals surface area contributed by atoms with Crippen molar-refractivity contribution in [3.63, 3.8) is 0 Å². The van der Waals surface area contributed by atoms with Crippen LogP contribution < -0.4 is 15.3 Å². The van der Waals surface area contributed by atoms with Crippen LogP contribution in [0.25, 0.3) is 0 Å². The average Bonchev–Trinajstić information content (AvgIpc) is 2.77. The van der Waals surface area contributed by atoms with Crippen molar-refractivity contribution in [1.82, 2.24) is 0 Å². The van der Waals surface area contributed by atoms with Crippen molar-refractivity contribution in [2.45, 2.75) is 31.7 Å². The van der Waals surface area contributed by atoms with Gasteiger partial charge in [-0.15, -0.1) is 0 Å². The van der Waals surface area contributed by atoms with E-state index in [-0.39, 0.29) is 0 Å². The number of hydrogen-bond acceptors (Lipinski definition) is 5. The third-order valence-electron chi connectivity index (χ3n) is 5.27. The molecule has 30 heavy (non-hydrogen) atoms. The molecule has 0 radical (unpaired) electrons. The molecule has 0 bridgehead atoms. The molecular weight excluding hydrogens is 397 g/mol. The third kappa shape index (κ3) is 3.55. The predicted octanol–water partition coefficient (Wildman–Crippen LogP) is 4.08. The summed E-state index contributed by atoms with van der Waals surface area (Å²) in [5.41, 5.74) is -0.0515. The van der Waals surface area contributed by atoms with Crippen molar-refractivity contribution in [2.75, 3.05) is 0 Å². The van der Waals surface area contributed by atoms with Crippen LogP contribution in [0.1, 0.15) is 31.1 Å². The zero-order chi connectivity index (χ0) is 21.4. The second-order valence-corrected chi connectivity index (χ2v) is 10.1. The minimum absolute atomic E-state index is 0.409. The first-order chi connectivity index (χ1) is 14.3. The molecule has 1 heterocycles. The SMILES string of the molecule is CC1(C)Oc2ccc(C#N)cc2[C@@H](OP(=O)(c2ccccc2)c2ccccc2)[C@@H]1O. The summed E-state index contributed by atoms with van der Waals surface area (Å²) in [6.07, 6.45) is -2.04. The Morgan fingerprint density at radius 2 is 1.57 bits per heavy atom. The van der Waals surface area contributed by atoms with Gasteiger partial charge in [0.15, 0.2) is 0 Å². The molecule has 0 aliphatic carbocycles. The maximum atomic E-state index is 14.4. The number of aliphatic hydroxyl groups is 1. The predicted molar refractivity (Wildman–Crippen MR) is 115 cm³/mol. The van der Waals surface area contributed by atoms with E-state index in [0.29, 0.717) is 27.5 Å². The molecule has 0 saturated carbocycles.